The van der Waals surface area contributed by atoms with Crippen LogP contribution in [0.15, 0.2) is 30.6 Å². The fourth-order valence-electron chi connectivity index (χ4n) is 5.01. The molecule has 3 aromatic rings. The molecule has 0 radical (unpaired) electrons. The normalized spacial score (nSPS) is 18.6. The van der Waals surface area contributed by atoms with E-state index in [1.807, 2.05) is 11.0 Å². The Morgan fingerprint density at radius 3 is 2.58 bits per heavy atom. The number of benzene rings is 1. The maximum absolute atomic E-state index is 14.4. The summed E-state index contributed by atoms with van der Waals surface area (Å²) >= 11 is 1.39. The number of amides is 1. The van der Waals surface area contributed by atoms with E-state index >= 15 is 0 Å². The molecule has 0 bridgehead atoms. The predicted molar refractivity (Wildman–Crippen MR) is 144 cm³/mol. The van der Waals surface area contributed by atoms with Crippen LogP contribution >= 0.6 is 11.3 Å². The van der Waals surface area contributed by atoms with Gasteiger partial charge < -0.3 is 10.0 Å². The number of hydrogen-bond donors (Lipinski definition) is 2. The third-order valence-corrected chi connectivity index (χ3v) is 8.39. The SMILES string of the molecule is Cc1ccc(-c2nc(NC(=O)c3cnc(N4CCC(C(=O)O)CC4)cn3)sc2CN2CCC[C@H]2C)cc1F. The van der Waals surface area contributed by atoms with Gasteiger partial charge in [-0.1, -0.05) is 23.5 Å². The Morgan fingerprint density at radius 1 is 1.16 bits per heavy atom. The van der Waals surface area contributed by atoms with Gasteiger partial charge in [0.15, 0.2) is 5.13 Å². The van der Waals surface area contributed by atoms with E-state index in [4.69, 9.17) is 0 Å². The van der Waals surface area contributed by atoms with Crippen molar-refractivity contribution in [2.45, 2.75) is 52.1 Å². The summed E-state index contributed by atoms with van der Waals surface area (Å²) in [7, 11) is 0. The molecule has 2 aromatic heterocycles. The number of rotatable bonds is 7. The van der Waals surface area contributed by atoms with Gasteiger partial charge in [-0.3, -0.25) is 19.8 Å². The van der Waals surface area contributed by atoms with E-state index in [0.29, 0.717) is 66.3 Å². The van der Waals surface area contributed by atoms with Gasteiger partial charge in [-0.25, -0.2) is 19.3 Å². The van der Waals surface area contributed by atoms with Crippen molar-refractivity contribution in [1.82, 2.24) is 19.9 Å². The number of carbonyl (C=O) groups excluding carboxylic acids is 1. The predicted octanol–water partition coefficient (Wildman–Crippen LogP) is 4.59. The summed E-state index contributed by atoms with van der Waals surface area (Å²) in [4.78, 5) is 42.9. The Balaban J connectivity index is 1.32. The van der Waals surface area contributed by atoms with Gasteiger partial charge in [0.2, 0.25) is 0 Å². The lowest BCUT2D eigenvalue weighted by atomic mass is 9.97. The largest absolute Gasteiger partial charge is 0.481 e. The Hall–Kier alpha value is -3.44. The summed E-state index contributed by atoms with van der Waals surface area (Å²) in [6.07, 6.45) is 6.35. The molecule has 0 spiro atoms. The zero-order valence-corrected chi connectivity index (χ0v) is 22.3. The molecule has 1 amide bonds. The minimum Gasteiger partial charge on any atom is -0.481 e. The molecule has 0 aliphatic carbocycles. The Bertz CT molecular complexity index is 1320. The lowest BCUT2D eigenvalue weighted by Crippen LogP contribution is -2.36. The second-order valence-corrected chi connectivity index (χ2v) is 11.1. The number of thiazole rings is 1. The van der Waals surface area contributed by atoms with Crippen LogP contribution in [-0.4, -0.2) is 62.5 Å². The minimum atomic E-state index is -0.765. The van der Waals surface area contributed by atoms with Crippen molar-refractivity contribution in [2.75, 3.05) is 29.9 Å². The number of hydrogen-bond acceptors (Lipinski definition) is 8. The molecular weight excluding hydrogens is 507 g/mol. The van der Waals surface area contributed by atoms with Gasteiger partial charge in [0.05, 0.1) is 24.0 Å². The fraction of sp³-hybridized carbons (Fsp3) is 0.444. The van der Waals surface area contributed by atoms with Crippen LogP contribution in [0.1, 0.15) is 53.5 Å². The van der Waals surface area contributed by atoms with Gasteiger partial charge in [-0.15, -0.1) is 0 Å². The van der Waals surface area contributed by atoms with Crippen LogP contribution in [-0.2, 0) is 11.3 Å². The number of aliphatic carboxylic acids is 1. The van der Waals surface area contributed by atoms with Crippen molar-refractivity contribution in [1.29, 1.82) is 0 Å². The monoisotopic (exact) mass is 538 g/mol. The molecule has 9 nitrogen and oxygen atoms in total. The smallest absolute Gasteiger partial charge is 0.306 e. The number of nitrogens with zero attached hydrogens (tertiary/aromatic N) is 5. The number of carbonyl (C=O) groups is 2. The lowest BCUT2D eigenvalue weighted by Gasteiger charge is -2.30. The van der Waals surface area contributed by atoms with Crippen LogP contribution in [0.5, 0.6) is 0 Å². The standard InChI is InChI=1S/C27H31FN6O3S/c1-16-5-6-19(12-20(16)28)24-22(15-34-9-3-4-17(34)2)38-27(31-24)32-25(35)21-13-30-23(14-29-21)33-10-7-18(8-11-33)26(36)37/h5-6,12-14,17-18H,3-4,7-11,15H2,1-2H3,(H,36,37)(H,31,32,35)/t17-/m1/s1. The molecule has 2 fully saturated rings. The Kier molecular flexibility index (Phi) is 7.66. The highest BCUT2D eigenvalue weighted by atomic mass is 32.1. The number of aryl methyl sites for hydroxylation is 1. The molecule has 4 heterocycles. The van der Waals surface area contributed by atoms with E-state index < -0.39 is 11.9 Å². The summed E-state index contributed by atoms with van der Waals surface area (Å²) in [5.41, 5.74) is 2.08. The van der Waals surface area contributed by atoms with Crippen molar-refractivity contribution in [2.24, 2.45) is 5.92 Å². The summed E-state index contributed by atoms with van der Waals surface area (Å²) in [5, 5.41) is 12.5. The van der Waals surface area contributed by atoms with E-state index in [0.717, 1.165) is 24.3 Å². The topological polar surface area (TPSA) is 112 Å². The van der Waals surface area contributed by atoms with Gasteiger partial charge in [-0.05, 0) is 57.7 Å². The lowest BCUT2D eigenvalue weighted by molar-refractivity contribution is -0.142. The summed E-state index contributed by atoms with van der Waals surface area (Å²) in [6.45, 7) is 6.78. The van der Waals surface area contributed by atoms with Gasteiger partial charge >= 0.3 is 5.97 Å². The van der Waals surface area contributed by atoms with Crippen LogP contribution in [0, 0.1) is 18.7 Å². The highest BCUT2D eigenvalue weighted by Crippen LogP contribution is 2.34. The minimum absolute atomic E-state index is 0.155. The first-order valence-electron chi connectivity index (χ1n) is 12.9. The number of halogens is 1. The van der Waals surface area contributed by atoms with Crippen LogP contribution in [0.25, 0.3) is 11.3 Å². The molecule has 1 atom stereocenters. The molecule has 1 aromatic carbocycles. The molecule has 2 aliphatic heterocycles. The number of aromatic nitrogens is 3. The van der Waals surface area contributed by atoms with E-state index in [2.05, 4.69) is 32.1 Å². The average Bonchev–Trinajstić information content (AvgIpc) is 3.51. The van der Waals surface area contributed by atoms with Crippen LogP contribution in [0.4, 0.5) is 15.3 Å². The number of anilines is 2. The first-order chi connectivity index (χ1) is 18.3. The quantitative estimate of drug-likeness (QED) is 0.450. The highest BCUT2D eigenvalue weighted by molar-refractivity contribution is 7.16. The van der Waals surface area contributed by atoms with E-state index in [9.17, 15) is 19.1 Å². The van der Waals surface area contributed by atoms with Crippen LogP contribution < -0.4 is 10.2 Å². The summed E-state index contributed by atoms with van der Waals surface area (Å²) < 4.78 is 14.4. The molecule has 200 valence electrons. The summed E-state index contributed by atoms with van der Waals surface area (Å²) in [5.74, 6) is -1.19. The highest BCUT2D eigenvalue weighted by Gasteiger charge is 2.26. The Morgan fingerprint density at radius 2 is 1.95 bits per heavy atom. The van der Waals surface area contributed by atoms with Crippen molar-refractivity contribution in [3.8, 4) is 11.3 Å². The number of carboxylic acid groups (broad SMARTS) is 1. The zero-order valence-electron chi connectivity index (χ0n) is 21.5. The van der Waals surface area contributed by atoms with Crippen molar-refractivity contribution in [3.63, 3.8) is 0 Å². The molecule has 38 heavy (non-hydrogen) atoms. The van der Waals surface area contributed by atoms with Gasteiger partial charge in [0.1, 0.15) is 17.3 Å². The fourth-order valence-corrected chi connectivity index (χ4v) is 6.01. The van der Waals surface area contributed by atoms with Crippen molar-refractivity contribution in [3.05, 3.63) is 52.5 Å². The molecule has 0 saturated carbocycles. The van der Waals surface area contributed by atoms with Gasteiger partial charge in [0.25, 0.3) is 5.91 Å². The van der Waals surface area contributed by atoms with E-state index in [1.54, 1.807) is 19.2 Å². The molecular formula is C27H31FN6O3S. The van der Waals surface area contributed by atoms with E-state index in [-0.39, 0.29) is 17.4 Å². The summed E-state index contributed by atoms with van der Waals surface area (Å²) in [6, 6.07) is 5.56. The third kappa shape index (κ3) is 5.68. The first-order valence-corrected chi connectivity index (χ1v) is 13.7. The second-order valence-electron chi connectivity index (χ2n) is 10.0. The second kappa shape index (κ2) is 11.1. The van der Waals surface area contributed by atoms with Crippen molar-refractivity contribution < 1.29 is 19.1 Å². The maximum Gasteiger partial charge on any atom is 0.306 e. The number of piperidine rings is 1. The molecule has 2 aliphatic rings. The van der Waals surface area contributed by atoms with Gasteiger partial charge in [0, 0.05) is 36.1 Å². The Labute approximate surface area is 224 Å². The molecule has 0 unspecified atom stereocenters. The molecule has 5 rings (SSSR count). The molecule has 2 saturated heterocycles. The van der Waals surface area contributed by atoms with Crippen LogP contribution in [0.2, 0.25) is 0 Å². The van der Waals surface area contributed by atoms with Gasteiger partial charge in [-0.2, -0.15) is 0 Å². The zero-order chi connectivity index (χ0) is 26.8. The third-order valence-electron chi connectivity index (χ3n) is 7.44. The van der Waals surface area contributed by atoms with E-state index in [1.165, 1.54) is 23.6 Å². The first kappa shape index (κ1) is 26.2. The molecule has 2 N–H and O–H groups in total. The van der Waals surface area contributed by atoms with Crippen LogP contribution in [0.3, 0.4) is 0 Å². The van der Waals surface area contributed by atoms with Crippen molar-refractivity contribution >= 4 is 34.2 Å². The number of nitrogens with one attached hydrogen (secondary N) is 1. The number of carboxylic acids is 1. The molecule has 11 heteroatoms. The maximum atomic E-state index is 14.4. The number of likely N-dealkylation sites (tertiary alicyclic amines) is 1. The average molecular weight is 539 g/mol.